The molecule has 4 fully saturated rings. The van der Waals surface area contributed by atoms with Crippen LogP contribution in [0.2, 0.25) is 0 Å². The summed E-state index contributed by atoms with van der Waals surface area (Å²) in [5, 5.41) is 2.26. The molecular formula is C19H23ClN2O4. The number of alkyl halides is 1. The van der Waals surface area contributed by atoms with Crippen molar-refractivity contribution in [3.8, 4) is 0 Å². The number of carbonyl (C=O) groups excluding carboxylic acids is 3. The summed E-state index contributed by atoms with van der Waals surface area (Å²) < 4.78 is 6.93. The second-order valence-corrected chi connectivity index (χ2v) is 9.15. The van der Waals surface area contributed by atoms with E-state index in [-0.39, 0.29) is 10.8 Å². The number of carbonyl (C=O) groups is 3. The molecule has 0 aromatic carbocycles. The molecule has 4 aliphatic rings. The first-order valence-corrected chi connectivity index (χ1v) is 9.48. The average Bonchev–Trinajstić information content (AvgIpc) is 2.96. The molecule has 0 aliphatic heterocycles. The second kappa shape index (κ2) is 6.12. The summed E-state index contributed by atoms with van der Waals surface area (Å²) in [7, 11) is 1.72. The number of nitrogens with one attached hydrogen (secondary N) is 1. The molecule has 2 amide bonds. The van der Waals surface area contributed by atoms with E-state index >= 15 is 0 Å². The van der Waals surface area contributed by atoms with Gasteiger partial charge in [0.2, 0.25) is 0 Å². The molecule has 4 bridgehead atoms. The summed E-state index contributed by atoms with van der Waals surface area (Å²) >= 11 is 6.73. The van der Waals surface area contributed by atoms with E-state index in [0.29, 0.717) is 24.0 Å². The maximum absolute atomic E-state index is 12.8. The normalized spacial score (nSPS) is 34.5. The third kappa shape index (κ3) is 3.04. The van der Waals surface area contributed by atoms with E-state index in [2.05, 4.69) is 5.32 Å². The molecule has 4 aliphatic carbocycles. The fraction of sp³-hybridized carbons (Fsp3) is 0.632. The van der Waals surface area contributed by atoms with Gasteiger partial charge in [0.05, 0.1) is 5.41 Å². The van der Waals surface area contributed by atoms with Gasteiger partial charge in [-0.05, 0) is 62.5 Å². The van der Waals surface area contributed by atoms with Crippen LogP contribution in [-0.2, 0) is 21.4 Å². The molecule has 0 saturated heterocycles. The van der Waals surface area contributed by atoms with Crippen LogP contribution in [0.3, 0.4) is 0 Å². The topological polar surface area (TPSA) is 77.4 Å². The van der Waals surface area contributed by atoms with Crippen LogP contribution in [0.1, 0.15) is 49.0 Å². The van der Waals surface area contributed by atoms with Gasteiger partial charge in [0.25, 0.3) is 11.8 Å². The molecule has 2 unspecified atom stereocenters. The molecule has 1 heterocycles. The molecule has 1 aromatic heterocycles. The Hall–Kier alpha value is -1.82. The quantitative estimate of drug-likeness (QED) is 0.644. The molecular weight excluding hydrogens is 356 g/mol. The van der Waals surface area contributed by atoms with Crippen LogP contribution in [0.5, 0.6) is 0 Å². The first-order valence-electron chi connectivity index (χ1n) is 9.10. The number of ether oxygens (including phenoxy) is 1. The zero-order valence-corrected chi connectivity index (χ0v) is 15.6. The highest BCUT2D eigenvalue weighted by molar-refractivity contribution is 6.24. The Kier molecular flexibility index (Phi) is 4.14. The maximum atomic E-state index is 12.8. The number of aromatic nitrogens is 1. The number of hydrogen-bond acceptors (Lipinski definition) is 4. The lowest BCUT2D eigenvalue weighted by molar-refractivity contribution is -0.171. The summed E-state index contributed by atoms with van der Waals surface area (Å²) in [6.07, 6.45) is 7.07. The Labute approximate surface area is 157 Å². The van der Waals surface area contributed by atoms with Gasteiger partial charge in [0.1, 0.15) is 5.69 Å². The highest BCUT2D eigenvalue weighted by Gasteiger charge is 2.60. The van der Waals surface area contributed by atoms with Crippen molar-refractivity contribution in [1.29, 1.82) is 0 Å². The number of halogens is 1. The lowest BCUT2D eigenvalue weighted by atomic mass is 9.49. The molecule has 2 atom stereocenters. The third-order valence-electron chi connectivity index (χ3n) is 6.19. The van der Waals surface area contributed by atoms with Crippen LogP contribution in [0, 0.1) is 17.3 Å². The van der Waals surface area contributed by atoms with Gasteiger partial charge in [-0.25, -0.2) is 0 Å². The van der Waals surface area contributed by atoms with Crippen molar-refractivity contribution in [2.24, 2.45) is 24.3 Å². The monoisotopic (exact) mass is 378 g/mol. The van der Waals surface area contributed by atoms with E-state index in [9.17, 15) is 14.4 Å². The molecule has 0 radical (unpaired) electrons. The van der Waals surface area contributed by atoms with Crippen molar-refractivity contribution in [3.63, 3.8) is 0 Å². The van der Waals surface area contributed by atoms with Gasteiger partial charge in [-0.15, -0.1) is 11.6 Å². The van der Waals surface area contributed by atoms with Gasteiger partial charge in [-0.1, -0.05) is 0 Å². The minimum absolute atomic E-state index is 0.284. The highest BCUT2D eigenvalue weighted by atomic mass is 35.5. The molecule has 1 aromatic rings. The lowest BCUT2D eigenvalue weighted by Crippen LogP contribution is -2.56. The summed E-state index contributed by atoms with van der Waals surface area (Å²) in [4.78, 5) is 36.5. The number of esters is 1. The van der Waals surface area contributed by atoms with E-state index in [1.54, 1.807) is 29.9 Å². The van der Waals surface area contributed by atoms with Gasteiger partial charge < -0.3 is 9.30 Å². The summed E-state index contributed by atoms with van der Waals surface area (Å²) in [6.45, 7) is -0.443. The van der Waals surface area contributed by atoms with Crippen molar-refractivity contribution < 1.29 is 19.1 Å². The maximum Gasteiger partial charge on any atom is 0.312 e. The smallest absolute Gasteiger partial charge is 0.312 e. The molecule has 4 saturated carbocycles. The zero-order valence-electron chi connectivity index (χ0n) is 14.8. The lowest BCUT2D eigenvalue weighted by Gasteiger charge is -2.58. The fourth-order valence-electron chi connectivity index (χ4n) is 5.60. The predicted octanol–water partition coefficient (Wildman–Crippen LogP) is 2.40. The molecule has 140 valence electrons. The van der Waals surface area contributed by atoms with Crippen LogP contribution >= 0.6 is 11.6 Å². The number of imide groups is 1. The van der Waals surface area contributed by atoms with Gasteiger partial charge in [0, 0.05) is 18.1 Å². The van der Waals surface area contributed by atoms with Gasteiger partial charge in [-0.2, -0.15) is 0 Å². The molecule has 1 N–H and O–H groups in total. The Morgan fingerprint density at radius 1 is 1.27 bits per heavy atom. The SMILES string of the molecule is Cn1cccc1C(=O)NC(=O)COC(=O)C12CC3CC(CC(Cl)(C3)C1)C2. The largest absolute Gasteiger partial charge is 0.455 e. The number of amides is 2. The number of nitrogens with zero attached hydrogens (tertiary/aromatic N) is 1. The summed E-state index contributed by atoms with van der Waals surface area (Å²) in [5.74, 6) is -0.496. The van der Waals surface area contributed by atoms with E-state index in [1.807, 2.05) is 0 Å². The van der Waals surface area contributed by atoms with Crippen molar-refractivity contribution in [2.75, 3.05) is 6.61 Å². The fourth-order valence-corrected chi connectivity index (χ4v) is 6.29. The standard InChI is InChI=1S/C19H23ClN2O4/c1-22-4-2-3-14(22)16(24)21-15(23)10-26-17(25)18-6-12-5-13(7-18)9-19(20,8-12)11-18/h2-4,12-13H,5-11H2,1H3,(H,21,23,24). The van der Waals surface area contributed by atoms with Crippen molar-refractivity contribution >= 4 is 29.4 Å². The highest BCUT2D eigenvalue weighted by Crippen LogP contribution is 2.64. The Morgan fingerprint density at radius 3 is 2.54 bits per heavy atom. The van der Waals surface area contributed by atoms with E-state index < -0.39 is 23.8 Å². The van der Waals surface area contributed by atoms with Crippen molar-refractivity contribution in [1.82, 2.24) is 9.88 Å². The molecule has 6 nitrogen and oxygen atoms in total. The Morgan fingerprint density at radius 2 is 1.96 bits per heavy atom. The van der Waals surface area contributed by atoms with E-state index in [1.165, 1.54) is 0 Å². The third-order valence-corrected chi connectivity index (χ3v) is 6.63. The van der Waals surface area contributed by atoms with Gasteiger partial charge >= 0.3 is 5.97 Å². The first-order chi connectivity index (χ1) is 12.3. The summed E-state index contributed by atoms with van der Waals surface area (Å²) in [6, 6.07) is 3.33. The first kappa shape index (κ1) is 17.6. The molecule has 0 spiro atoms. The minimum Gasteiger partial charge on any atom is -0.455 e. The number of aryl methyl sites for hydroxylation is 1. The Balaban J connectivity index is 1.35. The minimum atomic E-state index is -0.616. The predicted molar refractivity (Wildman–Crippen MR) is 94.5 cm³/mol. The van der Waals surface area contributed by atoms with Crippen LogP contribution < -0.4 is 5.32 Å². The molecule has 26 heavy (non-hydrogen) atoms. The average molecular weight is 379 g/mol. The molecule has 7 heteroatoms. The van der Waals surface area contributed by atoms with Crippen LogP contribution in [0.25, 0.3) is 0 Å². The second-order valence-electron chi connectivity index (χ2n) is 8.35. The van der Waals surface area contributed by atoms with E-state index in [4.69, 9.17) is 16.3 Å². The van der Waals surface area contributed by atoms with Crippen LogP contribution in [0.4, 0.5) is 0 Å². The van der Waals surface area contributed by atoms with Gasteiger partial charge in [0.15, 0.2) is 6.61 Å². The summed E-state index contributed by atoms with van der Waals surface area (Å²) in [5.41, 5.74) is -0.177. The van der Waals surface area contributed by atoms with E-state index in [0.717, 1.165) is 32.1 Å². The van der Waals surface area contributed by atoms with Crippen molar-refractivity contribution in [3.05, 3.63) is 24.0 Å². The van der Waals surface area contributed by atoms with Gasteiger partial charge in [-0.3, -0.25) is 19.7 Å². The van der Waals surface area contributed by atoms with Crippen LogP contribution in [-0.4, -0.2) is 33.8 Å². The zero-order chi connectivity index (χ0) is 18.5. The Bertz CT molecular complexity index is 757. The molecule has 5 rings (SSSR count). The number of hydrogen-bond donors (Lipinski definition) is 1. The number of rotatable bonds is 4. The van der Waals surface area contributed by atoms with Crippen LogP contribution in [0.15, 0.2) is 18.3 Å². The van der Waals surface area contributed by atoms with Crippen molar-refractivity contribution in [2.45, 2.75) is 43.4 Å².